The van der Waals surface area contributed by atoms with E-state index in [9.17, 15) is 0 Å². The van der Waals surface area contributed by atoms with E-state index >= 15 is 0 Å². The number of hydrogen-bond donors (Lipinski definition) is 2. The molecule has 120 valence electrons. The lowest BCUT2D eigenvalue weighted by Crippen LogP contribution is -2.43. The van der Waals surface area contributed by atoms with Crippen LogP contribution in [0.4, 0.5) is 0 Å². The average molecular weight is 399 g/mol. The fraction of sp³-hybridized carbons (Fsp3) is 0.923. The molecule has 20 heavy (non-hydrogen) atoms. The van der Waals surface area contributed by atoms with Crippen molar-refractivity contribution in [1.29, 1.82) is 0 Å². The molecule has 0 unspecified atom stereocenters. The van der Waals surface area contributed by atoms with Gasteiger partial charge in [-0.05, 0) is 26.6 Å². The van der Waals surface area contributed by atoms with E-state index in [4.69, 9.17) is 4.74 Å². The molecular weight excluding hydrogens is 369 g/mol. The van der Waals surface area contributed by atoms with E-state index in [2.05, 4.69) is 32.5 Å². The molecule has 0 atom stereocenters. The predicted octanol–water partition coefficient (Wildman–Crippen LogP) is 0.0533. The van der Waals surface area contributed by atoms with Gasteiger partial charge in [-0.25, -0.2) is 0 Å². The molecule has 6 nitrogen and oxygen atoms in total. The number of methoxy groups -OCH3 is 1. The Morgan fingerprint density at radius 1 is 1.15 bits per heavy atom. The smallest absolute Gasteiger partial charge is 0.191 e. The topological polar surface area (TPSA) is 52.1 Å². The third kappa shape index (κ3) is 8.93. The molecule has 0 spiro atoms. The molecule has 0 aliphatic carbocycles. The number of guanidine groups is 1. The molecule has 1 aliphatic heterocycles. The van der Waals surface area contributed by atoms with Gasteiger partial charge in [0.05, 0.1) is 6.61 Å². The van der Waals surface area contributed by atoms with Crippen molar-refractivity contribution in [2.75, 3.05) is 73.6 Å². The van der Waals surface area contributed by atoms with E-state index in [-0.39, 0.29) is 24.0 Å². The van der Waals surface area contributed by atoms with E-state index in [1.807, 2.05) is 0 Å². The number of nitrogens with zero attached hydrogens (tertiary/aromatic N) is 3. The predicted molar refractivity (Wildman–Crippen MR) is 95.2 cm³/mol. The molecule has 0 aromatic heterocycles. The average Bonchev–Trinajstić information content (AvgIpc) is 2.62. The van der Waals surface area contributed by atoms with Gasteiger partial charge in [-0.2, -0.15) is 0 Å². The zero-order chi connectivity index (χ0) is 13.9. The highest BCUT2D eigenvalue weighted by molar-refractivity contribution is 14.0. The summed E-state index contributed by atoms with van der Waals surface area (Å²) < 4.78 is 5.00. The van der Waals surface area contributed by atoms with E-state index in [1.165, 1.54) is 26.1 Å². The highest BCUT2D eigenvalue weighted by Crippen LogP contribution is 1.99. The Labute approximate surface area is 140 Å². The molecule has 0 bridgehead atoms. The van der Waals surface area contributed by atoms with Gasteiger partial charge in [-0.3, -0.25) is 4.99 Å². The van der Waals surface area contributed by atoms with Crippen molar-refractivity contribution in [2.24, 2.45) is 4.99 Å². The summed E-state index contributed by atoms with van der Waals surface area (Å²) in [6, 6.07) is 0. The minimum absolute atomic E-state index is 0. The number of nitrogens with one attached hydrogen (secondary N) is 2. The highest BCUT2D eigenvalue weighted by atomic mass is 127. The summed E-state index contributed by atoms with van der Waals surface area (Å²) in [4.78, 5) is 9.10. The van der Waals surface area contributed by atoms with Crippen LogP contribution in [0.5, 0.6) is 0 Å². The van der Waals surface area contributed by atoms with Gasteiger partial charge in [-0.1, -0.05) is 0 Å². The Morgan fingerprint density at radius 3 is 2.60 bits per heavy atom. The quantitative estimate of drug-likeness (QED) is 0.286. The van der Waals surface area contributed by atoms with Crippen molar-refractivity contribution in [3.63, 3.8) is 0 Å². The largest absolute Gasteiger partial charge is 0.383 e. The number of halogens is 1. The standard InChI is InChI=1S/C13H29N5O.HI/c1-14-13(16-6-12-19-3)15-5-9-18-8-4-7-17(2)10-11-18;/h4-12H2,1-3H3,(H2,14,15,16);1H. The molecule has 0 aromatic carbocycles. The van der Waals surface area contributed by atoms with Crippen molar-refractivity contribution in [2.45, 2.75) is 6.42 Å². The van der Waals surface area contributed by atoms with Crippen LogP contribution >= 0.6 is 24.0 Å². The maximum atomic E-state index is 5.00. The van der Waals surface area contributed by atoms with Crippen LogP contribution in [-0.4, -0.2) is 89.4 Å². The SMILES string of the molecule is CN=C(NCCOC)NCCN1CCCN(C)CC1.I. The van der Waals surface area contributed by atoms with E-state index in [0.29, 0.717) is 6.61 Å². The molecular formula is C13H30IN5O. The third-order valence-corrected chi connectivity index (χ3v) is 3.35. The van der Waals surface area contributed by atoms with Crippen LogP contribution in [0.25, 0.3) is 0 Å². The highest BCUT2D eigenvalue weighted by Gasteiger charge is 2.11. The summed E-state index contributed by atoms with van der Waals surface area (Å²) in [5.74, 6) is 0.851. The monoisotopic (exact) mass is 399 g/mol. The lowest BCUT2D eigenvalue weighted by Gasteiger charge is -2.21. The van der Waals surface area contributed by atoms with Gasteiger partial charge in [0.15, 0.2) is 5.96 Å². The second kappa shape index (κ2) is 12.6. The Bertz CT molecular complexity index is 265. The Balaban J connectivity index is 0.00000361. The number of rotatable bonds is 6. The summed E-state index contributed by atoms with van der Waals surface area (Å²) >= 11 is 0. The first-order valence-corrected chi connectivity index (χ1v) is 7.10. The molecule has 0 saturated carbocycles. The number of ether oxygens (including phenoxy) is 1. The minimum atomic E-state index is 0. The summed E-state index contributed by atoms with van der Waals surface area (Å²) in [6.07, 6.45) is 1.26. The first-order chi connectivity index (χ1) is 9.26. The molecule has 1 heterocycles. The lowest BCUT2D eigenvalue weighted by atomic mass is 10.4. The van der Waals surface area contributed by atoms with Crippen LogP contribution in [0.1, 0.15) is 6.42 Å². The van der Waals surface area contributed by atoms with Crippen molar-refractivity contribution in [1.82, 2.24) is 20.4 Å². The Morgan fingerprint density at radius 2 is 1.90 bits per heavy atom. The van der Waals surface area contributed by atoms with Crippen molar-refractivity contribution in [3.8, 4) is 0 Å². The van der Waals surface area contributed by atoms with Crippen LogP contribution in [-0.2, 0) is 4.74 Å². The third-order valence-electron chi connectivity index (χ3n) is 3.35. The molecule has 1 rings (SSSR count). The van der Waals surface area contributed by atoms with Gasteiger partial charge < -0.3 is 25.2 Å². The van der Waals surface area contributed by atoms with Crippen LogP contribution in [0.3, 0.4) is 0 Å². The van der Waals surface area contributed by atoms with Crippen LogP contribution in [0, 0.1) is 0 Å². The number of likely N-dealkylation sites (N-methyl/N-ethyl adjacent to an activating group) is 1. The minimum Gasteiger partial charge on any atom is -0.383 e. The summed E-state index contributed by atoms with van der Waals surface area (Å²) in [6.45, 7) is 8.21. The van der Waals surface area contributed by atoms with Crippen molar-refractivity contribution >= 4 is 29.9 Å². The lowest BCUT2D eigenvalue weighted by molar-refractivity contribution is 0.203. The van der Waals surface area contributed by atoms with Gasteiger partial charge in [-0.15, -0.1) is 24.0 Å². The maximum Gasteiger partial charge on any atom is 0.191 e. The molecule has 1 aliphatic rings. The van der Waals surface area contributed by atoms with Gasteiger partial charge in [0.25, 0.3) is 0 Å². The van der Waals surface area contributed by atoms with E-state index in [1.54, 1.807) is 14.2 Å². The Hall–Kier alpha value is -0.120. The van der Waals surface area contributed by atoms with E-state index in [0.717, 1.165) is 32.1 Å². The molecule has 0 aromatic rings. The summed E-state index contributed by atoms with van der Waals surface area (Å²) in [5.41, 5.74) is 0. The van der Waals surface area contributed by atoms with Gasteiger partial charge in [0, 0.05) is 46.9 Å². The summed E-state index contributed by atoms with van der Waals surface area (Å²) in [7, 11) is 5.70. The molecule has 2 N–H and O–H groups in total. The van der Waals surface area contributed by atoms with E-state index < -0.39 is 0 Å². The van der Waals surface area contributed by atoms with Crippen LogP contribution in [0.15, 0.2) is 4.99 Å². The maximum absolute atomic E-state index is 5.00. The zero-order valence-electron chi connectivity index (χ0n) is 13.0. The second-order valence-electron chi connectivity index (χ2n) is 4.92. The van der Waals surface area contributed by atoms with Gasteiger partial charge in [0.2, 0.25) is 0 Å². The fourth-order valence-corrected chi connectivity index (χ4v) is 2.15. The first kappa shape index (κ1) is 19.9. The molecule has 0 amide bonds. The number of hydrogen-bond acceptors (Lipinski definition) is 4. The molecule has 0 radical (unpaired) electrons. The second-order valence-corrected chi connectivity index (χ2v) is 4.92. The van der Waals surface area contributed by atoms with Crippen molar-refractivity contribution < 1.29 is 4.74 Å². The van der Waals surface area contributed by atoms with Crippen molar-refractivity contribution in [3.05, 3.63) is 0 Å². The van der Waals surface area contributed by atoms with Crippen LogP contribution in [0.2, 0.25) is 0 Å². The fourth-order valence-electron chi connectivity index (χ4n) is 2.15. The van der Waals surface area contributed by atoms with Gasteiger partial charge >= 0.3 is 0 Å². The molecule has 1 saturated heterocycles. The molecule has 1 fully saturated rings. The normalized spacial score (nSPS) is 18.2. The summed E-state index contributed by atoms with van der Waals surface area (Å²) in [5, 5.41) is 6.55. The van der Waals surface area contributed by atoms with Crippen LogP contribution < -0.4 is 10.6 Å². The van der Waals surface area contributed by atoms with Gasteiger partial charge in [0.1, 0.15) is 0 Å². The zero-order valence-corrected chi connectivity index (χ0v) is 15.4. The molecule has 7 heteroatoms. The number of aliphatic imine (C=N–C) groups is 1. The Kier molecular flexibility index (Phi) is 12.5. The first-order valence-electron chi connectivity index (χ1n) is 7.10.